The predicted molar refractivity (Wildman–Crippen MR) is 146 cm³/mol. The van der Waals surface area contributed by atoms with Crippen LogP contribution in [0.3, 0.4) is 0 Å². The number of fused-ring (bicyclic) bond motifs is 2. The molecule has 0 spiro atoms. The standard InChI is InChI=1S/C32H49NO4/c1-20-17-28(4,5)12-14-32(20,27(35)36)15-13-29(6,7)31(9)11-10-24-22(3)26-23(19-33-37-26)18-30(24,8)25(31)16-21(2)34/h16,19-20,22,24H,10-15,17-18H2,1-9H3,(H,35,36)/b25-16-/t20?,22-,24-,30-,31+,32-/m0/s1. The SMILES string of the molecule is CC(=O)/C=C1/[C@@]2(C)Cc3cnoc3[C@@H](C)[C@@H]2CC[C@@]1(C)C(C)(C)CC[C@@]1(C(=O)O)CCC(C)(C)CC1C. The predicted octanol–water partition coefficient (Wildman–Crippen LogP) is 8.00. The van der Waals surface area contributed by atoms with Gasteiger partial charge in [-0.25, -0.2) is 0 Å². The number of carbonyl (C=O) groups is 2. The molecule has 0 bridgehead atoms. The molecule has 2 fully saturated rings. The van der Waals surface area contributed by atoms with E-state index >= 15 is 0 Å². The third kappa shape index (κ3) is 4.42. The van der Waals surface area contributed by atoms with Gasteiger partial charge < -0.3 is 9.63 Å². The van der Waals surface area contributed by atoms with Crippen molar-refractivity contribution in [3.05, 3.63) is 29.2 Å². The minimum absolute atomic E-state index is 0.0906. The van der Waals surface area contributed by atoms with Gasteiger partial charge in [0.25, 0.3) is 0 Å². The Bertz CT molecular complexity index is 1100. The normalized spacial score (nSPS) is 38.6. The van der Waals surface area contributed by atoms with Crippen molar-refractivity contribution in [1.29, 1.82) is 0 Å². The van der Waals surface area contributed by atoms with E-state index in [1.807, 2.05) is 12.3 Å². The summed E-state index contributed by atoms with van der Waals surface area (Å²) >= 11 is 0. The molecule has 3 aliphatic carbocycles. The third-order valence-corrected chi connectivity index (χ3v) is 11.7. The topological polar surface area (TPSA) is 80.4 Å². The molecule has 4 rings (SSSR count). The molecule has 5 heteroatoms. The van der Waals surface area contributed by atoms with Crippen molar-refractivity contribution < 1.29 is 19.2 Å². The summed E-state index contributed by atoms with van der Waals surface area (Å²) in [4.78, 5) is 25.5. The van der Waals surface area contributed by atoms with Gasteiger partial charge in [-0.1, -0.05) is 66.1 Å². The second-order valence-electron chi connectivity index (χ2n) is 14.9. The lowest BCUT2D eigenvalue weighted by Crippen LogP contribution is -2.53. The summed E-state index contributed by atoms with van der Waals surface area (Å²) in [5.74, 6) is 1.24. The van der Waals surface area contributed by atoms with E-state index in [2.05, 4.69) is 60.5 Å². The van der Waals surface area contributed by atoms with Gasteiger partial charge in [-0.2, -0.15) is 0 Å². The Labute approximate surface area is 223 Å². The van der Waals surface area contributed by atoms with Crippen LogP contribution < -0.4 is 0 Å². The maximum absolute atomic E-state index is 12.8. The van der Waals surface area contributed by atoms with E-state index in [1.54, 1.807) is 6.92 Å². The number of carbonyl (C=O) groups excluding carboxylic acids is 1. The first-order chi connectivity index (χ1) is 17.0. The summed E-state index contributed by atoms with van der Waals surface area (Å²) in [7, 11) is 0. The van der Waals surface area contributed by atoms with Crippen molar-refractivity contribution in [2.24, 2.45) is 38.9 Å². The van der Waals surface area contributed by atoms with Gasteiger partial charge in [-0.3, -0.25) is 9.59 Å². The smallest absolute Gasteiger partial charge is 0.309 e. The summed E-state index contributed by atoms with van der Waals surface area (Å²) in [5, 5.41) is 14.6. The molecule has 0 radical (unpaired) electrons. The highest BCUT2D eigenvalue weighted by molar-refractivity contribution is 5.88. The van der Waals surface area contributed by atoms with Gasteiger partial charge in [0.05, 0.1) is 11.6 Å². The van der Waals surface area contributed by atoms with Crippen LogP contribution >= 0.6 is 0 Å². The molecule has 3 aliphatic rings. The zero-order chi connectivity index (χ0) is 27.6. The molecule has 1 N–H and O–H groups in total. The number of allylic oxidation sites excluding steroid dienone is 2. The molecule has 1 aromatic rings. The fraction of sp³-hybridized carbons (Fsp3) is 0.781. The number of rotatable bonds is 6. The number of aliphatic carboxylic acids is 1. The van der Waals surface area contributed by atoms with Crippen LogP contribution in [0, 0.1) is 38.9 Å². The molecule has 0 saturated heterocycles. The maximum atomic E-state index is 12.8. The minimum Gasteiger partial charge on any atom is -0.481 e. The second kappa shape index (κ2) is 9.09. The average Bonchev–Trinajstić information content (AvgIpc) is 3.23. The van der Waals surface area contributed by atoms with Crippen LogP contribution in [0.25, 0.3) is 0 Å². The maximum Gasteiger partial charge on any atom is 0.309 e. The minimum atomic E-state index is -0.675. The van der Waals surface area contributed by atoms with Crippen LogP contribution in [0.15, 0.2) is 22.4 Å². The lowest BCUT2D eigenvalue weighted by Gasteiger charge is -2.60. The van der Waals surface area contributed by atoms with E-state index in [-0.39, 0.29) is 39.3 Å². The molecule has 206 valence electrons. The van der Waals surface area contributed by atoms with Crippen LogP contribution in [0.5, 0.6) is 0 Å². The van der Waals surface area contributed by atoms with E-state index in [1.165, 1.54) is 5.57 Å². The molecule has 0 amide bonds. The molecule has 0 aliphatic heterocycles. The molecule has 6 atom stereocenters. The first-order valence-corrected chi connectivity index (χ1v) is 14.4. The van der Waals surface area contributed by atoms with Gasteiger partial charge in [-0.05, 0) is 97.9 Å². The third-order valence-electron chi connectivity index (χ3n) is 11.7. The Morgan fingerprint density at radius 3 is 2.43 bits per heavy atom. The van der Waals surface area contributed by atoms with Crippen molar-refractivity contribution in [1.82, 2.24) is 5.16 Å². The lowest BCUT2D eigenvalue weighted by atomic mass is 9.43. The van der Waals surface area contributed by atoms with Crippen LogP contribution in [0.2, 0.25) is 0 Å². The summed E-state index contributed by atoms with van der Waals surface area (Å²) in [5.41, 5.74) is 1.38. The Kier molecular flexibility index (Phi) is 6.90. The summed E-state index contributed by atoms with van der Waals surface area (Å²) in [6, 6.07) is 0. The number of carboxylic acid groups (broad SMARTS) is 1. The van der Waals surface area contributed by atoms with Crippen LogP contribution in [-0.2, 0) is 16.0 Å². The Hall–Kier alpha value is -1.91. The number of ketones is 1. The van der Waals surface area contributed by atoms with E-state index < -0.39 is 11.4 Å². The highest BCUT2D eigenvalue weighted by Gasteiger charge is 2.59. The van der Waals surface area contributed by atoms with E-state index in [4.69, 9.17) is 4.52 Å². The van der Waals surface area contributed by atoms with Crippen LogP contribution in [0.1, 0.15) is 125 Å². The fourth-order valence-electron chi connectivity index (χ4n) is 8.88. The van der Waals surface area contributed by atoms with Crippen molar-refractivity contribution in [2.75, 3.05) is 0 Å². The van der Waals surface area contributed by atoms with Crippen molar-refractivity contribution in [2.45, 2.75) is 120 Å². The molecule has 1 unspecified atom stereocenters. The zero-order valence-corrected chi connectivity index (χ0v) is 24.7. The van der Waals surface area contributed by atoms with Crippen LogP contribution in [0.4, 0.5) is 0 Å². The van der Waals surface area contributed by atoms with Gasteiger partial charge in [-0.15, -0.1) is 0 Å². The Balaban J connectivity index is 1.69. The number of carboxylic acids is 1. The first kappa shape index (κ1) is 28.1. The molecule has 5 nitrogen and oxygen atoms in total. The molecule has 1 heterocycles. The quantitative estimate of drug-likeness (QED) is 0.391. The number of aromatic nitrogens is 1. The Morgan fingerprint density at radius 2 is 1.84 bits per heavy atom. The average molecular weight is 512 g/mol. The summed E-state index contributed by atoms with van der Waals surface area (Å²) in [6.07, 6.45) is 10.8. The van der Waals surface area contributed by atoms with Gasteiger partial charge in [0.15, 0.2) is 5.78 Å². The van der Waals surface area contributed by atoms with E-state index in [9.17, 15) is 14.7 Å². The number of hydrogen-bond donors (Lipinski definition) is 1. The van der Waals surface area contributed by atoms with Gasteiger partial charge in [0.1, 0.15) is 5.76 Å². The molecule has 2 saturated carbocycles. The largest absolute Gasteiger partial charge is 0.481 e. The molecule has 0 aromatic carbocycles. The fourth-order valence-corrected chi connectivity index (χ4v) is 8.88. The number of hydrogen-bond acceptors (Lipinski definition) is 4. The van der Waals surface area contributed by atoms with E-state index in [0.717, 1.165) is 56.3 Å². The lowest BCUT2D eigenvalue weighted by molar-refractivity contribution is -0.159. The molecular formula is C32H49NO4. The first-order valence-electron chi connectivity index (χ1n) is 14.4. The Morgan fingerprint density at radius 1 is 1.16 bits per heavy atom. The van der Waals surface area contributed by atoms with E-state index in [0.29, 0.717) is 12.3 Å². The zero-order valence-electron chi connectivity index (χ0n) is 24.7. The summed E-state index contributed by atoms with van der Waals surface area (Å²) < 4.78 is 5.67. The molecule has 37 heavy (non-hydrogen) atoms. The van der Waals surface area contributed by atoms with Gasteiger partial charge in [0, 0.05) is 11.5 Å². The molecule has 1 aromatic heterocycles. The second-order valence-corrected chi connectivity index (χ2v) is 14.9. The van der Waals surface area contributed by atoms with Crippen molar-refractivity contribution in [3.8, 4) is 0 Å². The highest BCUT2D eigenvalue weighted by atomic mass is 16.5. The monoisotopic (exact) mass is 511 g/mol. The van der Waals surface area contributed by atoms with Crippen molar-refractivity contribution in [3.63, 3.8) is 0 Å². The summed E-state index contributed by atoms with van der Waals surface area (Å²) in [6.45, 7) is 19.9. The highest BCUT2D eigenvalue weighted by Crippen LogP contribution is 2.67. The number of nitrogens with zero attached hydrogens (tertiary/aromatic N) is 1. The van der Waals surface area contributed by atoms with Gasteiger partial charge >= 0.3 is 5.97 Å². The van der Waals surface area contributed by atoms with Crippen LogP contribution in [-0.4, -0.2) is 22.0 Å². The van der Waals surface area contributed by atoms with Gasteiger partial charge in [0.2, 0.25) is 0 Å². The molecular weight excluding hydrogens is 462 g/mol. The van der Waals surface area contributed by atoms with Crippen molar-refractivity contribution >= 4 is 11.8 Å².